The summed E-state index contributed by atoms with van der Waals surface area (Å²) >= 11 is 0. The molecular formula is C19H25N3O5S. The fraction of sp³-hybridized carbons (Fsp3) is 0.579. The molecule has 1 aromatic carbocycles. The molecule has 1 N–H and O–H groups in total. The maximum absolute atomic E-state index is 13.1. The van der Waals surface area contributed by atoms with Crippen molar-refractivity contribution in [1.29, 1.82) is 0 Å². The van der Waals surface area contributed by atoms with Crippen molar-refractivity contribution < 1.29 is 22.7 Å². The van der Waals surface area contributed by atoms with E-state index in [2.05, 4.69) is 5.32 Å². The predicted molar refractivity (Wildman–Crippen MR) is 101 cm³/mol. The van der Waals surface area contributed by atoms with Gasteiger partial charge in [0, 0.05) is 26.1 Å². The van der Waals surface area contributed by atoms with Crippen LogP contribution < -0.4 is 10.1 Å². The van der Waals surface area contributed by atoms with Crippen molar-refractivity contribution in [2.45, 2.75) is 43.5 Å². The molecule has 8 nitrogen and oxygen atoms in total. The Morgan fingerprint density at radius 1 is 1.21 bits per heavy atom. The lowest BCUT2D eigenvalue weighted by molar-refractivity contribution is -0.128. The number of nitrogens with zero attached hydrogens (tertiary/aromatic N) is 2. The number of amides is 3. The minimum Gasteiger partial charge on any atom is -0.493 e. The summed E-state index contributed by atoms with van der Waals surface area (Å²) in [7, 11) is -3.66. The van der Waals surface area contributed by atoms with Crippen LogP contribution in [-0.4, -0.2) is 61.3 Å². The molecule has 9 heteroatoms. The van der Waals surface area contributed by atoms with Crippen molar-refractivity contribution in [2.24, 2.45) is 5.92 Å². The summed E-state index contributed by atoms with van der Waals surface area (Å²) in [5.41, 5.74) is -0.0440. The van der Waals surface area contributed by atoms with E-state index in [1.165, 1.54) is 4.31 Å². The van der Waals surface area contributed by atoms with Gasteiger partial charge in [-0.3, -0.25) is 10.1 Å². The van der Waals surface area contributed by atoms with Crippen LogP contribution in [0.4, 0.5) is 4.79 Å². The lowest BCUT2D eigenvalue weighted by atomic mass is 9.86. The van der Waals surface area contributed by atoms with Gasteiger partial charge in [-0.15, -0.1) is 0 Å². The smallest absolute Gasteiger partial charge is 0.325 e. The number of imide groups is 1. The van der Waals surface area contributed by atoms with Crippen molar-refractivity contribution in [2.75, 3.05) is 26.2 Å². The number of benzene rings is 1. The summed E-state index contributed by atoms with van der Waals surface area (Å²) < 4.78 is 33.1. The van der Waals surface area contributed by atoms with Crippen molar-refractivity contribution in [1.82, 2.24) is 14.5 Å². The lowest BCUT2D eigenvalue weighted by Crippen LogP contribution is -2.57. The molecule has 1 aromatic rings. The standard InChI is InChI=1S/C19H25N3O5S/c1-13(2)12-22-18(24)20-17(23)19(22)6-8-21(9-7-19)28(25,26)15-3-4-16-14(11-15)5-10-27-16/h3-4,11,13H,5-10,12H2,1-2H3,(H,20,23,24). The number of sulfonamides is 1. The van der Waals surface area contributed by atoms with Crippen LogP contribution in [0.25, 0.3) is 0 Å². The second kappa shape index (κ2) is 6.73. The second-order valence-corrected chi connectivity index (χ2v) is 10.0. The molecule has 1 spiro atoms. The minimum absolute atomic E-state index is 0.200. The number of ether oxygens (including phenoxy) is 1. The number of urea groups is 1. The highest BCUT2D eigenvalue weighted by molar-refractivity contribution is 7.89. The van der Waals surface area contributed by atoms with Gasteiger partial charge >= 0.3 is 6.03 Å². The van der Waals surface area contributed by atoms with Gasteiger partial charge < -0.3 is 9.64 Å². The number of carbonyl (C=O) groups excluding carboxylic acids is 2. The Morgan fingerprint density at radius 2 is 1.93 bits per heavy atom. The Bertz CT molecular complexity index is 919. The Hall–Kier alpha value is -2.13. The van der Waals surface area contributed by atoms with E-state index >= 15 is 0 Å². The van der Waals surface area contributed by atoms with E-state index in [1.807, 2.05) is 13.8 Å². The predicted octanol–water partition coefficient (Wildman–Crippen LogP) is 1.35. The quantitative estimate of drug-likeness (QED) is 0.760. The number of hydrogen-bond acceptors (Lipinski definition) is 5. The largest absolute Gasteiger partial charge is 0.493 e. The van der Waals surface area contributed by atoms with E-state index in [1.54, 1.807) is 23.1 Å². The van der Waals surface area contributed by atoms with Gasteiger partial charge in [0.05, 0.1) is 11.5 Å². The van der Waals surface area contributed by atoms with Crippen molar-refractivity contribution >= 4 is 22.0 Å². The summed E-state index contributed by atoms with van der Waals surface area (Å²) in [5.74, 6) is 0.635. The monoisotopic (exact) mass is 407 g/mol. The van der Waals surface area contributed by atoms with Crippen molar-refractivity contribution in [3.63, 3.8) is 0 Å². The van der Waals surface area contributed by atoms with Gasteiger partial charge in [0.25, 0.3) is 5.91 Å². The van der Waals surface area contributed by atoms with E-state index in [0.29, 0.717) is 32.4 Å². The Morgan fingerprint density at radius 3 is 2.61 bits per heavy atom. The molecule has 0 aliphatic carbocycles. The van der Waals surface area contributed by atoms with Crippen LogP contribution in [0.1, 0.15) is 32.3 Å². The van der Waals surface area contributed by atoms with Crippen molar-refractivity contribution in [3.8, 4) is 5.75 Å². The third-order valence-corrected chi connectivity index (χ3v) is 7.70. The molecule has 0 aromatic heterocycles. The normalized spacial score (nSPS) is 21.9. The number of hydrogen-bond donors (Lipinski definition) is 1. The van der Waals surface area contributed by atoms with Gasteiger partial charge in [-0.05, 0) is 42.5 Å². The first-order valence-electron chi connectivity index (χ1n) is 9.63. The molecule has 0 unspecified atom stereocenters. The summed E-state index contributed by atoms with van der Waals surface area (Å²) in [6.45, 7) is 5.41. The molecule has 3 heterocycles. The molecule has 28 heavy (non-hydrogen) atoms. The maximum Gasteiger partial charge on any atom is 0.325 e. The maximum atomic E-state index is 13.1. The number of rotatable bonds is 4. The van der Waals surface area contributed by atoms with Crippen LogP contribution in [0, 0.1) is 5.92 Å². The van der Waals surface area contributed by atoms with Gasteiger partial charge in [-0.25, -0.2) is 13.2 Å². The molecule has 0 radical (unpaired) electrons. The second-order valence-electron chi connectivity index (χ2n) is 8.07. The Kier molecular flexibility index (Phi) is 4.62. The zero-order chi connectivity index (χ0) is 20.1. The Balaban J connectivity index is 1.54. The first-order valence-corrected chi connectivity index (χ1v) is 11.1. The number of fused-ring (bicyclic) bond motifs is 1. The third-order valence-electron chi connectivity index (χ3n) is 5.80. The molecule has 3 aliphatic rings. The fourth-order valence-electron chi connectivity index (χ4n) is 4.29. The summed E-state index contributed by atoms with van der Waals surface area (Å²) in [5, 5.41) is 2.41. The molecule has 4 rings (SSSR count). The zero-order valence-corrected chi connectivity index (χ0v) is 16.9. The van der Waals surface area contributed by atoms with Crippen molar-refractivity contribution in [3.05, 3.63) is 23.8 Å². The van der Waals surface area contributed by atoms with E-state index in [9.17, 15) is 18.0 Å². The first-order chi connectivity index (χ1) is 13.2. The number of nitrogens with one attached hydrogen (secondary N) is 1. The average molecular weight is 407 g/mol. The summed E-state index contributed by atoms with van der Waals surface area (Å²) in [4.78, 5) is 26.6. The van der Waals surface area contributed by atoms with Crippen LogP contribution in [0.2, 0.25) is 0 Å². The summed E-state index contributed by atoms with van der Waals surface area (Å²) in [6.07, 6.45) is 1.30. The lowest BCUT2D eigenvalue weighted by Gasteiger charge is -2.42. The highest BCUT2D eigenvalue weighted by Crippen LogP contribution is 2.36. The van der Waals surface area contributed by atoms with Crippen LogP contribution in [0.15, 0.2) is 23.1 Å². The number of piperidine rings is 1. The summed E-state index contributed by atoms with van der Waals surface area (Å²) in [6, 6.07) is 4.57. The molecule has 2 fully saturated rings. The van der Waals surface area contributed by atoms with Crippen LogP contribution in [0.5, 0.6) is 5.75 Å². The van der Waals surface area contributed by atoms with Crippen LogP contribution >= 0.6 is 0 Å². The Labute approximate surface area is 164 Å². The molecule has 152 valence electrons. The average Bonchev–Trinajstić information content (AvgIpc) is 3.20. The molecule has 0 bridgehead atoms. The van der Waals surface area contributed by atoms with E-state index in [-0.39, 0.29) is 35.8 Å². The molecule has 3 aliphatic heterocycles. The SMILES string of the molecule is CC(C)CN1C(=O)NC(=O)C12CCN(S(=O)(=O)c1ccc3c(c1)CCO3)CC2. The third kappa shape index (κ3) is 2.97. The topological polar surface area (TPSA) is 96.0 Å². The minimum atomic E-state index is -3.66. The van der Waals surface area contributed by atoms with E-state index in [0.717, 1.165) is 11.3 Å². The van der Waals surface area contributed by atoms with Crippen LogP contribution in [-0.2, 0) is 21.2 Å². The molecule has 2 saturated heterocycles. The molecule has 3 amide bonds. The van der Waals surface area contributed by atoms with E-state index in [4.69, 9.17) is 4.74 Å². The fourth-order valence-corrected chi connectivity index (χ4v) is 5.78. The van der Waals surface area contributed by atoms with Gasteiger partial charge in [-0.1, -0.05) is 13.8 Å². The number of carbonyl (C=O) groups is 2. The van der Waals surface area contributed by atoms with Crippen LogP contribution in [0.3, 0.4) is 0 Å². The van der Waals surface area contributed by atoms with Gasteiger partial charge in [0.15, 0.2) is 0 Å². The van der Waals surface area contributed by atoms with E-state index < -0.39 is 15.6 Å². The zero-order valence-electron chi connectivity index (χ0n) is 16.1. The molecular weight excluding hydrogens is 382 g/mol. The van der Waals surface area contributed by atoms with Gasteiger partial charge in [0.1, 0.15) is 11.3 Å². The highest BCUT2D eigenvalue weighted by atomic mass is 32.2. The highest BCUT2D eigenvalue weighted by Gasteiger charge is 2.54. The first kappa shape index (κ1) is 19.2. The van der Waals surface area contributed by atoms with Gasteiger partial charge in [0.2, 0.25) is 10.0 Å². The molecule has 0 saturated carbocycles. The molecule has 0 atom stereocenters. The van der Waals surface area contributed by atoms with Gasteiger partial charge in [-0.2, -0.15) is 4.31 Å².